The van der Waals surface area contributed by atoms with Crippen molar-refractivity contribution in [2.24, 2.45) is 11.7 Å². The van der Waals surface area contributed by atoms with Gasteiger partial charge in [0, 0.05) is 12.2 Å². The number of nitrogens with zero attached hydrogens (tertiary/aromatic N) is 2. The summed E-state index contributed by atoms with van der Waals surface area (Å²) in [7, 11) is 0. The Kier molecular flexibility index (Phi) is 2.99. The van der Waals surface area contributed by atoms with E-state index in [0.29, 0.717) is 11.6 Å². The van der Waals surface area contributed by atoms with Crippen molar-refractivity contribution in [2.45, 2.75) is 19.9 Å². The molecule has 13 heavy (non-hydrogen) atoms. The molecular formula is C10H13N3. The first-order valence-electron chi connectivity index (χ1n) is 4.26. The van der Waals surface area contributed by atoms with Gasteiger partial charge < -0.3 is 5.73 Å². The number of nitriles is 1. The van der Waals surface area contributed by atoms with Gasteiger partial charge >= 0.3 is 0 Å². The van der Waals surface area contributed by atoms with Gasteiger partial charge in [0.1, 0.15) is 11.8 Å². The van der Waals surface area contributed by atoms with Crippen molar-refractivity contribution < 1.29 is 0 Å². The van der Waals surface area contributed by atoms with E-state index < -0.39 is 0 Å². The van der Waals surface area contributed by atoms with Gasteiger partial charge in [-0.15, -0.1) is 0 Å². The first-order chi connectivity index (χ1) is 6.15. The van der Waals surface area contributed by atoms with E-state index in [4.69, 9.17) is 11.0 Å². The Labute approximate surface area is 78.2 Å². The maximum atomic E-state index is 8.53. The van der Waals surface area contributed by atoms with Crippen molar-refractivity contribution in [3.8, 4) is 6.07 Å². The van der Waals surface area contributed by atoms with E-state index in [1.54, 1.807) is 12.3 Å². The fourth-order valence-electron chi connectivity index (χ4n) is 1.05. The van der Waals surface area contributed by atoms with Crippen LogP contribution in [0.3, 0.4) is 0 Å². The molecule has 1 heterocycles. The Balaban J connectivity index is 2.87. The third-order valence-electron chi connectivity index (χ3n) is 2.00. The number of rotatable bonds is 2. The monoisotopic (exact) mass is 175 g/mol. The van der Waals surface area contributed by atoms with E-state index in [2.05, 4.69) is 18.8 Å². The van der Waals surface area contributed by atoms with Crippen LogP contribution in [0.5, 0.6) is 0 Å². The third-order valence-corrected chi connectivity index (χ3v) is 2.00. The molecule has 68 valence electrons. The SMILES string of the molecule is CC(C)C(N)c1ccc(C#N)nc1. The van der Waals surface area contributed by atoms with E-state index >= 15 is 0 Å². The lowest BCUT2D eigenvalue weighted by molar-refractivity contribution is 0.513. The molecule has 3 heteroatoms. The summed E-state index contributed by atoms with van der Waals surface area (Å²) in [4.78, 5) is 3.96. The molecule has 0 aliphatic carbocycles. The standard InChI is InChI=1S/C10H13N3/c1-7(2)10(12)8-3-4-9(5-11)13-6-8/h3-4,6-7,10H,12H2,1-2H3. The van der Waals surface area contributed by atoms with Gasteiger partial charge in [-0.1, -0.05) is 19.9 Å². The Hall–Kier alpha value is -1.40. The van der Waals surface area contributed by atoms with Gasteiger partial charge in [-0.25, -0.2) is 4.98 Å². The van der Waals surface area contributed by atoms with Crippen LogP contribution >= 0.6 is 0 Å². The lowest BCUT2D eigenvalue weighted by Crippen LogP contribution is -2.16. The molecule has 0 aromatic carbocycles. The molecule has 0 aliphatic rings. The maximum absolute atomic E-state index is 8.53. The smallest absolute Gasteiger partial charge is 0.140 e. The summed E-state index contributed by atoms with van der Waals surface area (Å²) in [5.41, 5.74) is 7.32. The van der Waals surface area contributed by atoms with Gasteiger partial charge in [-0.05, 0) is 17.5 Å². The van der Waals surface area contributed by atoms with Crippen LogP contribution in [0.4, 0.5) is 0 Å². The Morgan fingerprint density at radius 2 is 2.15 bits per heavy atom. The van der Waals surface area contributed by atoms with Gasteiger partial charge in [0.05, 0.1) is 0 Å². The maximum Gasteiger partial charge on any atom is 0.140 e. The van der Waals surface area contributed by atoms with Crippen LogP contribution in [0.1, 0.15) is 31.1 Å². The molecular weight excluding hydrogens is 162 g/mol. The summed E-state index contributed by atoms with van der Waals surface area (Å²) in [5.74, 6) is 0.384. The Morgan fingerprint density at radius 3 is 2.54 bits per heavy atom. The first kappa shape index (κ1) is 9.69. The molecule has 0 radical (unpaired) electrons. The molecule has 0 amide bonds. The van der Waals surface area contributed by atoms with Crippen LogP contribution in [-0.4, -0.2) is 4.98 Å². The second kappa shape index (κ2) is 4.01. The molecule has 0 spiro atoms. The van der Waals surface area contributed by atoms with Crippen molar-refractivity contribution in [1.29, 1.82) is 5.26 Å². The highest BCUT2D eigenvalue weighted by Crippen LogP contribution is 2.17. The topological polar surface area (TPSA) is 62.7 Å². The van der Waals surface area contributed by atoms with Gasteiger partial charge in [0.15, 0.2) is 0 Å². The van der Waals surface area contributed by atoms with Gasteiger partial charge in [0.25, 0.3) is 0 Å². The van der Waals surface area contributed by atoms with Crippen molar-refractivity contribution in [3.05, 3.63) is 29.6 Å². The molecule has 0 saturated carbocycles. The molecule has 1 unspecified atom stereocenters. The molecule has 0 fully saturated rings. The summed E-state index contributed by atoms with van der Waals surface area (Å²) >= 11 is 0. The van der Waals surface area contributed by atoms with E-state index in [-0.39, 0.29) is 6.04 Å². The predicted octanol–water partition coefficient (Wildman–Crippen LogP) is 1.61. The van der Waals surface area contributed by atoms with Crippen LogP contribution in [0.2, 0.25) is 0 Å². The highest BCUT2D eigenvalue weighted by atomic mass is 14.7. The van der Waals surface area contributed by atoms with Gasteiger partial charge in [-0.3, -0.25) is 0 Å². The highest BCUT2D eigenvalue weighted by Gasteiger charge is 2.10. The average molecular weight is 175 g/mol. The predicted molar refractivity (Wildman–Crippen MR) is 50.7 cm³/mol. The number of pyridine rings is 1. The molecule has 1 rings (SSSR count). The average Bonchev–Trinajstić information content (AvgIpc) is 2.17. The fourth-order valence-corrected chi connectivity index (χ4v) is 1.05. The van der Waals surface area contributed by atoms with E-state index in [0.717, 1.165) is 5.56 Å². The molecule has 1 aromatic heterocycles. The third kappa shape index (κ3) is 2.27. The largest absolute Gasteiger partial charge is 0.324 e. The molecule has 1 aromatic rings. The Bertz CT molecular complexity index is 308. The second-order valence-electron chi connectivity index (χ2n) is 3.36. The van der Waals surface area contributed by atoms with Crippen molar-refractivity contribution >= 4 is 0 Å². The van der Waals surface area contributed by atoms with Crippen molar-refractivity contribution in [1.82, 2.24) is 4.98 Å². The van der Waals surface area contributed by atoms with Crippen LogP contribution in [-0.2, 0) is 0 Å². The van der Waals surface area contributed by atoms with Crippen LogP contribution in [0.25, 0.3) is 0 Å². The first-order valence-corrected chi connectivity index (χ1v) is 4.26. The summed E-state index contributed by atoms with van der Waals surface area (Å²) in [6, 6.07) is 5.52. The fraction of sp³-hybridized carbons (Fsp3) is 0.400. The minimum Gasteiger partial charge on any atom is -0.324 e. The van der Waals surface area contributed by atoms with Gasteiger partial charge in [0.2, 0.25) is 0 Å². The Morgan fingerprint density at radius 1 is 1.46 bits per heavy atom. The van der Waals surface area contributed by atoms with Gasteiger partial charge in [-0.2, -0.15) is 5.26 Å². The number of aromatic nitrogens is 1. The molecule has 1 atom stereocenters. The summed E-state index contributed by atoms with van der Waals surface area (Å²) in [6.07, 6.45) is 1.67. The molecule has 0 bridgehead atoms. The number of nitrogens with two attached hydrogens (primary N) is 1. The quantitative estimate of drug-likeness (QED) is 0.742. The van der Waals surface area contributed by atoms with E-state index in [1.807, 2.05) is 12.1 Å². The van der Waals surface area contributed by atoms with Crippen LogP contribution < -0.4 is 5.73 Å². The number of hydrogen-bond donors (Lipinski definition) is 1. The normalized spacial score (nSPS) is 12.5. The second-order valence-corrected chi connectivity index (χ2v) is 3.36. The van der Waals surface area contributed by atoms with Crippen molar-refractivity contribution in [2.75, 3.05) is 0 Å². The summed E-state index contributed by atoms with van der Waals surface area (Å²) in [5, 5.41) is 8.53. The zero-order chi connectivity index (χ0) is 9.84. The summed E-state index contributed by atoms with van der Waals surface area (Å²) < 4.78 is 0. The van der Waals surface area contributed by atoms with E-state index in [9.17, 15) is 0 Å². The van der Waals surface area contributed by atoms with Crippen LogP contribution in [0, 0.1) is 17.2 Å². The number of hydrogen-bond acceptors (Lipinski definition) is 3. The molecule has 3 nitrogen and oxygen atoms in total. The molecule has 0 saturated heterocycles. The van der Waals surface area contributed by atoms with E-state index in [1.165, 1.54) is 0 Å². The molecule has 0 aliphatic heterocycles. The minimum atomic E-state index is 0.000225. The highest BCUT2D eigenvalue weighted by molar-refractivity contribution is 5.24. The zero-order valence-corrected chi connectivity index (χ0v) is 7.86. The van der Waals surface area contributed by atoms with Crippen LogP contribution in [0.15, 0.2) is 18.3 Å². The lowest BCUT2D eigenvalue weighted by atomic mass is 9.98. The summed E-state index contributed by atoms with van der Waals surface area (Å²) in [6.45, 7) is 4.12. The minimum absolute atomic E-state index is 0.000225. The lowest BCUT2D eigenvalue weighted by Gasteiger charge is -2.14. The van der Waals surface area contributed by atoms with Crippen molar-refractivity contribution in [3.63, 3.8) is 0 Å². The molecule has 2 N–H and O–H groups in total. The zero-order valence-electron chi connectivity index (χ0n) is 7.86.